The minimum absolute atomic E-state index is 0.0970. The molecule has 132 valence electrons. The van der Waals surface area contributed by atoms with Crippen LogP contribution in [0.5, 0.6) is 0 Å². The second-order valence-electron chi connectivity index (χ2n) is 7.14. The van der Waals surface area contributed by atoms with Crippen LogP contribution in [-0.4, -0.2) is 42.0 Å². The van der Waals surface area contributed by atoms with Crippen molar-refractivity contribution in [3.8, 4) is 11.5 Å². The van der Waals surface area contributed by atoms with Gasteiger partial charge in [0.15, 0.2) is 0 Å². The quantitative estimate of drug-likeness (QED) is 0.931. The molecule has 1 spiro atoms. The maximum Gasteiger partial charge on any atom is 0.228 e. The van der Waals surface area contributed by atoms with Gasteiger partial charge in [0.25, 0.3) is 0 Å². The molecule has 1 aromatic heterocycles. The lowest BCUT2D eigenvalue weighted by Crippen LogP contribution is -2.44. The minimum Gasteiger partial charge on any atom is -0.444 e. The van der Waals surface area contributed by atoms with Gasteiger partial charge in [-0.2, -0.15) is 0 Å². The average molecular weight is 343 g/mol. The Hall–Kier alpha value is -2.21. The van der Waals surface area contributed by atoms with Crippen LogP contribution in [0.2, 0.25) is 0 Å². The summed E-state index contributed by atoms with van der Waals surface area (Å²) in [6, 6.07) is 5.97. The highest BCUT2D eigenvalue weighted by atomic mass is 19.1. The number of halogens is 1. The normalized spacial score (nSPS) is 19.5. The van der Waals surface area contributed by atoms with Crippen LogP contribution >= 0.6 is 0 Å². The Kier molecular flexibility index (Phi) is 4.29. The van der Waals surface area contributed by atoms with Gasteiger partial charge in [0.1, 0.15) is 12.1 Å². The third-order valence-electron chi connectivity index (χ3n) is 5.48. The van der Waals surface area contributed by atoms with E-state index >= 15 is 0 Å². The number of rotatable bonds is 3. The van der Waals surface area contributed by atoms with Crippen LogP contribution in [0, 0.1) is 11.2 Å². The molecule has 6 heteroatoms. The van der Waals surface area contributed by atoms with Crippen molar-refractivity contribution < 1.29 is 13.6 Å². The van der Waals surface area contributed by atoms with E-state index in [-0.39, 0.29) is 18.1 Å². The van der Waals surface area contributed by atoms with Gasteiger partial charge in [0.05, 0.1) is 12.1 Å². The fraction of sp³-hybridized carbons (Fsp3) is 0.474. The van der Waals surface area contributed by atoms with Gasteiger partial charge < -0.3 is 14.6 Å². The Morgan fingerprint density at radius 1 is 1.24 bits per heavy atom. The Balaban J connectivity index is 1.36. The van der Waals surface area contributed by atoms with Crippen molar-refractivity contribution >= 4 is 5.91 Å². The molecule has 0 saturated carbocycles. The lowest BCUT2D eigenvalue weighted by Gasteiger charge is -2.38. The molecule has 2 aromatic rings. The van der Waals surface area contributed by atoms with Crippen LogP contribution in [-0.2, 0) is 11.2 Å². The molecule has 0 atom stereocenters. The highest BCUT2D eigenvalue weighted by molar-refractivity contribution is 5.78. The van der Waals surface area contributed by atoms with Gasteiger partial charge in [-0.15, -0.1) is 0 Å². The van der Waals surface area contributed by atoms with Crippen LogP contribution in [0.1, 0.15) is 25.0 Å². The summed E-state index contributed by atoms with van der Waals surface area (Å²) in [7, 11) is 0. The summed E-state index contributed by atoms with van der Waals surface area (Å²) in [5, 5.41) is 3.44. The van der Waals surface area contributed by atoms with Crippen molar-refractivity contribution in [1.29, 1.82) is 0 Å². The molecule has 2 fully saturated rings. The number of nitrogens with zero attached hydrogens (tertiary/aromatic N) is 2. The molecule has 1 amide bonds. The molecule has 25 heavy (non-hydrogen) atoms. The summed E-state index contributed by atoms with van der Waals surface area (Å²) in [6.07, 6.45) is 5.13. The number of hydrogen-bond donors (Lipinski definition) is 1. The Morgan fingerprint density at radius 3 is 2.68 bits per heavy atom. The Labute approximate surface area is 146 Å². The highest BCUT2D eigenvalue weighted by Crippen LogP contribution is 2.37. The predicted molar refractivity (Wildman–Crippen MR) is 91.3 cm³/mol. The zero-order valence-electron chi connectivity index (χ0n) is 14.1. The molecular formula is C19H22FN3O2. The van der Waals surface area contributed by atoms with Gasteiger partial charge in [0, 0.05) is 25.2 Å². The standard InChI is InChI=1S/C19H22FN3O2/c20-15-3-1-14(2-4-15)18-22-16(12-25-18)11-17(24)23-9-6-19(7-10-23)5-8-21-13-19/h1-4,12,21H,5-11,13H2. The lowest BCUT2D eigenvalue weighted by molar-refractivity contribution is -0.132. The largest absolute Gasteiger partial charge is 0.444 e. The zero-order valence-corrected chi connectivity index (χ0v) is 14.1. The Morgan fingerprint density at radius 2 is 2.00 bits per heavy atom. The van der Waals surface area contributed by atoms with E-state index in [1.807, 2.05) is 4.90 Å². The van der Waals surface area contributed by atoms with Crippen molar-refractivity contribution in [2.75, 3.05) is 26.2 Å². The van der Waals surface area contributed by atoms with E-state index in [1.54, 1.807) is 12.1 Å². The van der Waals surface area contributed by atoms with Crippen LogP contribution in [0.15, 0.2) is 34.9 Å². The van der Waals surface area contributed by atoms with Gasteiger partial charge in [0.2, 0.25) is 11.8 Å². The molecule has 2 aliphatic heterocycles. The number of aromatic nitrogens is 1. The van der Waals surface area contributed by atoms with Crippen LogP contribution in [0.3, 0.4) is 0 Å². The fourth-order valence-electron chi connectivity index (χ4n) is 3.83. The molecule has 0 aliphatic carbocycles. The van der Waals surface area contributed by atoms with Crippen LogP contribution in [0.4, 0.5) is 4.39 Å². The third-order valence-corrected chi connectivity index (χ3v) is 5.48. The number of carbonyl (C=O) groups excluding carboxylic acids is 1. The SMILES string of the molecule is O=C(Cc1coc(-c2ccc(F)cc2)n1)N1CCC2(CCNC2)CC1. The van der Waals surface area contributed by atoms with Gasteiger partial charge >= 0.3 is 0 Å². The number of piperidine rings is 1. The molecule has 0 radical (unpaired) electrons. The zero-order chi connectivity index (χ0) is 17.3. The van der Waals surface area contributed by atoms with Gasteiger partial charge in [-0.3, -0.25) is 4.79 Å². The van der Waals surface area contributed by atoms with E-state index in [0.717, 1.165) is 39.0 Å². The van der Waals surface area contributed by atoms with Crippen LogP contribution in [0.25, 0.3) is 11.5 Å². The first-order valence-electron chi connectivity index (χ1n) is 8.82. The number of oxazole rings is 1. The number of nitrogens with one attached hydrogen (secondary N) is 1. The van der Waals surface area contributed by atoms with Gasteiger partial charge in [-0.1, -0.05) is 0 Å². The third kappa shape index (κ3) is 3.44. The number of carbonyl (C=O) groups is 1. The van der Waals surface area contributed by atoms with Crippen LogP contribution < -0.4 is 5.32 Å². The van der Waals surface area contributed by atoms with Gasteiger partial charge in [-0.05, 0) is 55.5 Å². The molecule has 5 nitrogen and oxygen atoms in total. The molecule has 0 bridgehead atoms. The lowest BCUT2D eigenvalue weighted by atomic mass is 9.78. The molecule has 0 unspecified atom stereocenters. The summed E-state index contributed by atoms with van der Waals surface area (Å²) in [6.45, 7) is 3.82. The summed E-state index contributed by atoms with van der Waals surface area (Å²) in [5.74, 6) is 0.211. The van der Waals surface area contributed by atoms with Crippen molar-refractivity contribution in [3.63, 3.8) is 0 Å². The maximum absolute atomic E-state index is 13.0. The summed E-state index contributed by atoms with van der Waals surface area (Å²) >= 11 is 0. The second kappa shape index (κ2) is 6.59. The van der Waals surface area contributed by atoms with E-state index in [1.165, 1.54) is 24.8 Å². The average Bonchev–Trinajstić information content (AvgIpc) is 3.26. The summed E-state index contributed by atoms with van der Waals surface area (Å²) in [5.41, 5.74) is 1.72. The first-order valence-corrected chi connectivity index (χ1v) is 8.82. The molecule has 1 aromatic carbocycles. The molecule has 1 N–H and O–H groups in total. The van der Waals surface area contributed by atoms with Crippen molar-refractivity contribution in [3.05, 3.63) is 42.0 Å². The Bertz CT molecular complexity index is 740. The predicted octanol–water partition coefficient (Wildman–Crippen LogP) is 2.63. The molecule has 4 rings (SSSR count). The number of hydrogen-bond acceptors (Lipinski definition) is 4. The summed E-state index contributed by atoms with van der Waals surface area (Å²) in [4.78, 5) is 18.8. The number of amides is 1. The molecule has 3 heterocycles. The summed E-state index contributed by atoms with van der Waals surface area (Å²) < 4.78 is 18.4. The van der Waals surface area contributed by atoms with E-state index in [0.29, 0.717) is 22.6 Å². The topological polar surface area (TPSA) is 58.4 Å². The first kappa shape index (κ1) is 16.3. The maximum atomic E-state index is 13.0. The number of benzene rings is 1. The van der Waals surface area contributed by atoms with E-state index in [2.05, 4.69) is 10.3 Å². The van der Waals surface area contributed by atoms with Crippen molar-refractivity contribution in [2.24, 2.45) is 5.41 Å². The first-order chi connectivity index (χ1) is 12.1. The smallest absolute Gasteiger partial charge is 0.228 e. The number of likely N-dealkylation sites (tertiary alicyclic amines) is 1. The van der Waals surface area contributed by atoms with E-state index < -0.39 is 0 Å². The van der Waals surface area contributed by atoms with E-state index in [9.17, 15) is 9.18 Å². The minimum atomic E-state index is -0.300. The van der Waals surface area contributed by atoms with E-state index in [4.69, 9.17) is 4.42 Å². The fourth-order valence-corrected chi connectivity index (χ4v) is 3.83. The monoisotopic (exact) mass is 343 g/mol. The molecule has 2 aliphatic rings. The molecular weight excluding hydrogens is 321 g/mol. The second-order valence-corrected chi connectivity index (χ2v) is 7.14. The van der Waals surface area contributed by atoms with Gasteiger partial charge in [-0.25, -0.2) is 9.37 Å². The van der Waals surface area contributed by atoms with Crippen molar-refractivity contribution in [2.45, 2.75) is 25.7 Å². The van der Waals surface area contributed by atoms with Crippen molar-refractivity contribution in [1.82, 2.24) is 15.2 Å². The molecule has 2 saturated heterocycles. The highest BCUT2D eigenvalue weighted by Gasteiger charge is 2.38.